The standard InChI is InChI=1S/C20H30O/c1-2-3-4-5-9-17-13-14-20-18(10-6-7-15-21)11-8-12-19(20)16-17/h13-16,18H,2-12H2,1H3. The Morgan fingerprint density at radius 2 is 2.10 bits per heavy atom. The van der Waals surface area contributed by atoms with Crippen molar-refractivity contribution in [2.75, 3.05) is 0 Å². The van der Waals surface area contributed by atoms with E-state index in [1.54, 1.807) is 11.1 Å². The second-order valence-electron chi connectivity index (χ2n) is 6.53. The number of hydrogen-bond donors (Lipinski definition) is 0. The topological polar surface area (TPSA) is 17.1 Å². The van der Waals surface area contributed by atoms with Crippen molar-refractivity contribution in [3.05, 3.63) is 34.9 Å². The number of aryl methyl sites for hydroxylation is 2. The molecule has 1 unspecified atom stereocenters. The molecule has 21 heavy (non-hydrogen) atoms. The quantitative estimate of drug-likeness (QED) is 0.426. The Hall–Kier alpha value is -1.11. The van der Waals surface area contributed by atoms with Crippen molar-refractivity contribution < 1.29 is 4.79 Å². The fourth-order valence-corrected chi connectivity index (χ4v) is 3.63. The fraction of sp³-hybridized carbons (Fsp3) is 0.650. The molecule has 0 aromatic heterocycles. The molecule has 0 bridgehead atoms. The molecule has 0 radical (unpaired) electrons. The van der Waals surface area contributed by atoms with E-state index in [-0.39, 0.29) is 0 Å². The number of aldehydes is 1. The summed E-state index contributed by atoms with van der Waals surface area (Å²) in [5, 5.41) is 0. The van der Waals surface area contributed by atoms with Gasteiger partial charge in [0.05, 0.1) is 0 Å². The first-order chi connectivity index (χ1) is 10.3. The monoisotopic (exact) mass is 286 g/mol. The van der Waals surface area contributed by atoms with Gasteiger partial charge in [0.15, 0.2) is 0 Å². The van der Waals surface area contributed by atoms with Gasteiger partial charge in [0.25, 0.3) is 0 Å². The number of hydrogen-bond acceptors (Lipinski definition) is 1. The van der Waals surface area contributed by atoms with Gasteiger partial charge in [0.1, 0.15) is 6.29 Å². The van der Waals surface area contributed by atoms with E-state index < -0.39 is 0 Å². The van der Waals surface area contributed by atoms with Gasteiger partial charge in [-0.1, -0.05) is 44.4 Å². The Morgan fingerprint density at radius 1 is 1.19 bits per heavy atom. The van der Waals surface area contributed by atoms with E-state index in [9.17, 15) is 4.79 Å². The van der Waals surface area contributed by atoms with Crippen LogP contribution in [0, 0.1) is 0 Å². The zero-order valence-electron chi connectivity index (χ0n) is 13.6. The van der Waals surface area contributed by atoms with Gasteiger partial charge >= 0.3 is 0 Å². The van der Waals surface area contributed by atoms with Crippen molar-refractivity contribution >= 4 is 6.29 Å². The summed E-state index contributed by atoms with van der Waals surface area (Å²) in [5.74, 6) is 0.697. The lowest BCUT2D eigenvalue weighted by molar-refractivity contribution is -0.107. The maximum absolute atomic E-state index is 10.5. The van der Waals surface area contributed by atoms with Gasteiger partial charge in [-0.05, 0) is 67.6 Å². The Bertz CT molecular complexity index is 435. The highest BCUT2D eigenvalue weighted by Gasteiger charge is 2.19. The van der Waals surface area contributed by atoms with Gasteiger partial charge in [-0.25, -0.2) is 0 Å². The molecular weight excluding hydrogens is 256 g/mol. The lowest BCUT2D eigenvalue weighted by atomic mass is 9.79. The number of rotatable bonds is 9. The predicted octanol–water partition coefficient (Wildman–Crippen LogP) is 5.60. The maximum Gasteiger partial charge on any atom is 0.119 e. The summed E-state index contributed by atoms with van der Waals surface area (Å²) in [6.45, 7) is 2.27. The lowest BCUT2D eigenvalue weighted by Gasteiger charge is -2.26. The molecule has 1 aromatic rings. The van der Waals surface area contributed by atoms with Gasteiger partial charge < -0.3 is 4.79 Å². The van der Waals surface area contributed by atoms with Crippen molar-refractivity contribution in [3.8, 4) is 0 Å². The number of carbonyl (C=O) groups is 1. The smallest absolute Gasteiger partial charge is 0.119 e. The van der Waals surface area contributed by atoms with Gasteiger partial charge in [0, 0.05) is 6.42 Å². The number of unbranched alkanes of at least 4 members (excludes halogenated alkanes) is 4. The second-order valence-corrected chi connectivity index (χ2v) is 6.53. The van der Waals surface area contributed by atoms with Crippen LogP contribution in [0.15, 0.2) is 18.2 Å². The van der Waals surface area contributed by atoms with E-state index >= 15 is 0 Å². The van der Waals surface area contributed by atoms with Crippen LogP contribution in [0.4, 0.5) is 0 Å². The molecular formula is C20H30O. The molecule has 1 aromatic carbocycles. The minimum Gasteiger partial charge on any atom is -0.303 e. The lowest BCUT2D eigenvalue weighted by Crippen LogP contribution is -2.10. The Balaban J connectivity index is 1.93. The van der Waals surface area contributed by atoms with Crippen LogP contribution in [0.3, 0.4) is 0 Å². The highest BCUT2D eigenvalue weighted by Crippen LogP contribution is 2.35. The van der Waals surface area contributed by atoms with E-state index in [1.807, 2.05) is 0 Å². The van der Waals surface area contributed by atoms with E-state index in [0.29, 0.717) is 5.92 Å². The fourth-order valence-electron chi connectivity index (χ4n) is 3.63. The number of benzene rings is 1. The summed E-state index contributed by atoms with van der Waals surface area (Å²) in [5.41, 5.74) is 4.69. The van der Waals surface area contributed by atoms with Crippen LogP contribution in [0.5, 0.6) is 0 Å². The zero-order chi connectivity index (χ0) is 14.9. The summed E-state index contributed by atoms with van der Waals surface area (Å²) in [6.07, 6.45) is 14.5. The molecule has 1 heteroatoms. The molecule has 0 aliphatic heterocycles. The third kappa shape index (κ3) is 4.98. The van der Waals surface area contributed by atoms with E-state index in [4.69, 9.17) is 0 Å². The Kier molecular flexibility index (Phi) is 6.99. The SMILES string of the molecule is CCCCCCc1ccc2c(c1)CCCC2CCCC=O. The van der Waals surface area contributed by atoms with Crippen molar-refractivity contribution in [1.29, 1.82) is 0 Å². The number of carbonyl (C=O) groups excluding carboxylic acids is 1. The molecule has 2 rings (SSSR count). The predicted molar refractivity (Wildman–Crippen MR) is 89.9 cm³/mol. The van der Waals surface area contributed by atoms with Crippen LogP contribution in [0.2, 0.25) is 0 Å². The highest BCUT2D eigenvalue weighted by atomic mass is 16.1. The molecule has 0 fully saturated rings. The molecule has 1 atom stereocenters. The van der Waals surface area contributed by atoms with Crippen molar-refractivity contribution in [2.45, 2.75) is 83.5 Å². The summed E-state index contributed by atoms with van der Waals surface area (Å²) >= 11 is 0. The van der Waals surface area contributed by atoms with Gasteiger partial charge in [-0.2, -0.15) is 0 Å². The van der Waals surface area contributed by atoms with Crippen LogP contribution >= 0.6 is 0 Å². The highest BCUT2D eigenvalue weighted by molar-refractivity contribution is 5.49. The van der Waals surface area contributed by atoms with Gasteiger partial charge in [0.2, 0.25) is 0 Å². The minimum atomic E-state index is 0.697. The van der Waals surface area contributed by atoms with E-state index in [0.717, 1.165) is 19.1 Å². The van der Waals surface area contributed by atoms with Crippen LogP contribution in [0.1, 0.15) is 87.3 Å². The van der Waals surface area contributed by atoms with Gasteiger partial charge in [-0.3, -0.25) is 0 Å². The summed E-state index contributed by atoms with van der Waals surface area (Å²) in [6, 6.07) is 7.20. The van der Waals surface area contributed by atoms with Crippen molar-refractivity contribution in [1.82, 2.24) is 0 Å². The minimum absolute atomic E-state index is 0.697. The Morgan fingerprint density at radius 3 is 2.90 bits per heavy atom. The summed E-state index contributed by atoms with van der Waals surface area (Å²) < 4.78 is 0. The molecule has 0 saturated heterocycles. The van der Waals surface area contributed by atoms with E-state index in [1.165, 1.54) is 63.4 Å². The molecule has 1 nitrogen and oxygen atoms in total. The van der Waals surface area contributed by atoms with Crippen molar-refractivity contribution in [2.24, 2.45) is 0 Å². The molecule has 0 N–H and O–H groups in total. The molecule has 1 aliphatic rings. The molecule has 116 valence electrons. The Labute approximate surface area is 130 Å². The van der Waals surface area contributed by atoms with Crippen molar-refractivity contribution in [3.63, 3.8) is 0 Å². The molecule has 0 heterocycles. The first-order valence-electron chi connectivity index (χ1n) is 8.90. The normalized spacial score (nSPS) is 17.5. The molecule has 0 saturated carbocycles. The third-order valence-electron chi connectivity index (χ3n) is 4.84. The first-order valence-corrected chi connectivity index (χ1v) is 8.90. The molecule has 1 aliphatic carbocycles. The van der Waals surface area contributed by atoms with Crippen LogP contribution in [-0.2, 0) is 17.6 Å². The van der Waals surface area contributed by atoms with Crippen LogP contribution < -0.4 is 0 Å². The summed E-state index contributed by atoms with van der Waals surface area (Å²) in [7, 11) is 0. The van der Waals surface area contributed by atoms with Crippen LogP contribution in [0.25, 0.3) is 0 Å². The zero-order valence-corrected chi connectivity index (χ0v) is 13.6. The summed E-state index contributed by atoms with van der Waals surface area (Å²) in [4.78, 5) is 10.5. The van der Waals surface area contributed by atoms with E-state index in [2.05, 4.69) is 25.1 Å². The second kappa shape index (κ2) is 9.02. The van der Waals surface area contributed by atoms with Crippen LogP contribution in [-0.4, -0.2) is 6.29 Å². The number of fused-ring (bicyclic) bond motifs is 1. The maximum atomic E-state index is 10.5. The first kappa shape index (κ1) is 16.3. The molecule has 0 spiro atoms. The third-order valence-corrected chi connectivity index (χ3v) is 4.84. The molecule has 0 amide bonds. The average Bonchev–Trinajstić information content (AvgIpc) is 2.52. The average molecular weight is 286 g/mol. The van der Waals surface area contributed by atoms with Gasteiger partial charge in [-0.15, -0.1) is 0 Å². The largest absolute Gasteiger partial charge is 0.303 e.